The fourth-order valence-corrected chi connectivity index (χ4v) is 1.54. The van der Waals surface area contributed by atoms with Gasteiger partial charge in [0, 0.05) is 30.4 Å². The summed E-state index contributed by atoms with van der Waals surface area (Å²) in [5.41, 5.74) is 2.09. The van der Waals surface area contributed by atoms with Crippen molar-refractivity contribution in [1.82, 2.24) is 20.5 Å². The summed E-state index contributed by atoms with van der Waals surface area (Å²) in [6, 6.07) is 5.98. The highest BCUT2D eigenvalue weighted by Crippen LogP contribution is 2.11. The Bertz CT molecular complexity index is 455. The van der Waals surface area contributed by atoms with E-state index in [1.165, 1.54) is 0 Å². The van der Waals surface area contributed by atoms with Crippen molar-refractivity contribution in [3.8, 4) is 5.88 Å². The Labute approximate surface area is 100 Å². The largest absolute Gasteiger partial charge is 0.481 e. The number of ether oxygens (including phenoxy) is 1. The summed E-state index contributed by atoms with van der Waals surface area (Å²) >= 11 is 0. The monoisotopic (exact) mass is 232 g/mol. The van der Waals surface area contributed by atoms with Gasteiger partial charge >= 0.3 is 0 Å². The van der Waals surface area contributed by atoms with Crippen LogP contribution in [0.15, 0.2) is 30.6 Å². The topological polar surface area (TPSA) is 62.8 Å². The molecule has 0 bridgehead atoms. The van der Waals surface area contributed by atoms with Crippen LogP contribution in [0.1, 0.15) is 24.2 Å². The molecule has 2 aromatic heterocycles. The van der Waals surface area contributed by atoms with Crippen molar-refractivity contribution in [2.45, 2.75) is 19.5 Å². The van der Waals surface area contributed by atoms with Gasteiger partial charge in [0.15, 0.2) is 0 Å². The van der Waals surface area contributed by atoms with Gasteiger partial charge < -0.3 is 10.1 Å². The molecule has 0 radical (unpaired) electrons. The molecule has 2 heterocycles. The van der Waals surface area contributed by atoms with E-state index in [9.17, 15) is 0 Å². The lowest BCUT2D eigenvalue weighted by molar-refractivity contribution is 0.395. The first-order chi connectivity index (χ1) is 8.29. The molecule has 0 amide bonds. The molecule has 90 valence electrons. The van der Waals surface area contributed by atoms with E-state index >= 15 is 0 Å². The molecule has 0 saturated carbocycles. The predicted octanol–water partition coefficient (Wildman–Crippen LogP) is 1.66. The van der Waals surface area contributed by atoms with Crippen LogP contribution in [-0.2, 0) is 6.54 Å². The van der Waals surface area contributed by atoms with Gasteiger partial charge in [-0.3, -0.25) is 5.10 Å². The molecule has 5 nitrogen and oxygen atoms in total. The van der Waals surface area contributed by atoms with Crippen LogP contribution in [0, 0.1) is 0 Å². The number of nitrogens with zero attached hydrogens (tertiary/aromatic N) is 2. The van der Waals surface area contributed by atoms with Gasteiger partial charge in [0.2, 0.25) is 5.88 Å². The summed E-state index contributed by atoms with van der Waals surface area (Å²) in [5, 5.41) is 10.1. The van der Waals surface area contributed by atoms with Crippen molar-refractivity contribution in [2.24, 2.45) is 0 Å². The third-order valence-corrected chi connectivity index (χ3v) is 2.60. The van der Waals surface area contributed by atoms with Crippen LogP contribution in [0.4, 0.5) is 0 Å². The summed E-state index contributed by atoms with van der Waals surface area (Å²) < 4.78 is 5.08. The number of methoxy groups -OCH3 is 1. The van der Waals surface area contributed by atoms with Crippen molar-refractivity contribution in [3.05, 3.63) is 41.9 Å². The molecule has 1 atom stereocenters. The van der Waals surface area contributed by atoms with E-state index in [0.29, 0.717) is 12.4 Å². The van der Waals surface area contributed by atoms with Crippen LogP contribution < -0.4 is 10.1 Å². The zero-order valence-corrected chi connectivity index (χ0v) is 9.97. The molecule has 0 aromatic carbocycles. The van der Waals surface area contributed by atoms with E-state index in [1.54, 1.807) is 7.11 Å². The number of rotatable bonds is 5. The average molecular weight is 232 g/mol. The lowest BCUT2D eigenvalue weighted by Crippen LogP contribution is -2.18. The molecule has 0 fully saturated rings. The summed E-state index contributed by atoms with van der Waals surface area (Å²) in [5.74, 6) is 0.639. The normalized spacial score (nSPS) is 12.4. The number of hydrogen-bond donors (Lipinski definition) is 2. The SMILES string of the molecule is COc1cccc(CNC(C)c2cn[nH]c2)n1. The van der Waals surface area contributed by atoms with Gasteiger partial charge in [0.25, 0.3) is 0 Å². The van der Waals surface area contributed by atoms with Crippen molar-refractivity contribution in [3.63, 3.8) is 0 Å². The zero-order valence-electron chi connectivity index (χ0n) is 9.97. The van der Waals surface area contributed by atoms with Crippen molar-refractivity contribution >= 4 is 0 Å². The quantitative estimate of drug-likeness (QED) is 0.823. The third-order valence-electron chi connectivity index (χ3n) is 2.60. The maximum absolute atomic E-state index is 5.08. The molecule has 2 N–H and O–H groups in total. The first-order valence-corrected chi connectivity index (χ1v) is 5.51. The van der Waals surface area contributed by atoms with Crippen LogP contribution in [0.2, 0.25) is 0 Å². The second-order valence-corrected chi connectivity index (χ2v) is 3.81. The maximum Gasteiger partial charge on any atom is 0.213 e. The van der Waals surface area contributed by atoms with E-state index in [1.807, 2.05) is 30.6 Å². The fourth-order valence-electron chi connectivity index (χ4n) is 1.54. The highest BCUT2D eigenvalue weighted by molar-refractivity contribution is 5.16. The van der Waals surface area contributed by atoms with Crippen LogP contribution >= 0.6 is 0 Å². The summed E-state index contributed by atoms with van der Waals surface area (Å²) in [7, 11) is 1.62. The van der Waals surface area contributed by atoms with Gasteiger partial charge in [-0.05, 0) is 13.0 Å². The van der Waals surface area contributed by atoms with Crippen LogP contribution in [0.3, 0.4) is 0 Å². The minimum absolute atomic E-state index is 0.238. The lowest BCUT2D eigenvalue weighted by atomic mass is 10.2. The van der Waals surface area contributed by atoms with E-state index in [0.717, 1.165) is 11.3 Å². The molecular formula is C12H16N4O. The smallest absolute Gasteiger partial charge is 0.213 e. The second-order valence-electron chi connectivity index (χ2n) is 3.81. The maximum atomic E-state index is 5.08. The van der Waals surface area contributed by atoms with Gasteiger partial charge in [0.1, 0.15) is 0 Å². The molecule has 0 aliphatic carbocycles. The number of nitrogens with one attached hydrogen (secondary N) is 2. The highest BCUT2D eigenvalue weighted by atomic mass is 16.5. The first kappa shape index (κ1) is 11.6. The Morgan fingerprint density at radius 1 is 1.47 bits per heavy atom. The molecule has 17 heavy (non-hydrogen) atoms. The number of hydrogen-bond acceptors (Lipinski definition) is 4. The molecule has 2 rings (SSSR count). The van der Waals surface area contributed by atoms with E-state index in [4.69, 9.17) is 4.74 Å². The van der Waals surface area contributed by atoms with Crippen LogP contribution in [-0.4, -0.2) is 22.3 Å². The molecule has 0 aliphatic heterocycles. The summed E-state index contributed by atoms with van der Waals surface area (Å²) in [6.45, 7) is 2.79. The Hall–Kier alpha value is -1.88. The second kappa shape index (κ2) is 5.45. The minimum atomic E-state index is 0.238. The molecule has 0 saturated heterocycles. The predicted molar refractivity (Wildman–Crippen MR) is 64.6 cm³/mol. The molecule has 5 heteroatoms. The Morgan fingerprint density at radius 2 is 2.35 bits per heavy atom. The molecule has 0 aliphatic rings. The zero-order chi connectivity index (χ0) is 12.1. The number of H-pyrrole nitrogens is 1. The van der Waals surface area contributed by atoms with Gasteiger partial charge in [-0.2, -0.15) is 5.10 Å². The van der Waals surface area contributed by atoms with Crippen LogP contribution in [0.25, 0.3) is 0 Å². The molecule has 0 spiro atoms. The lowest BCUT2D eigenvalue weighted by Gasteiger charge is -2.11. The van der Waals surface area contributed by atoms with Crippen molar-refractivity contribution in [2.75, 3.05) is 7.11 Å². The van der Waals surface area contributed by atoms with E-state index in [2.05, 4.69) is 27.4 Å². The van der Waals surface area contributed by atoms with E-state index in [-0.39, 0.29) is 6.04 Å². The average Bonchev–Trinajstić information content (AvgIpc) is 2.90. The molecular weight excluding hydrogens is 216 g/mol. The van der Waals surface area contributed by atoms with E-state index < -0.39 is 0 Å². The Morgan fingerprint density at radius 3 is 3.06 bits per heavy atom. The Kier molecular flexibility index (Phi) is 3.72. The van der Waals surface area contributed by atoms with Gasteiger partial charge in [-0.15, -0.1) is 0 Å². The number of aromatic nitrogens is 3. The first-order valence-electron chi connectivity index (χ1n) is 5.51. The summed E-state index contributed by atoms with van der Waals surface area (Å²) in [4.78, 5) is 4.34. The molecule has 1 unspecified atom stereocenters. The number of pyridine rings is 1. The highest BCUT2D eigenvalue weighted by Gasteiger charge is 2.06. The Balaban J connectivity index is 1.93. The fraction of sp³-hybridized carbons (Fsp3) is 0.333. The van der Waals surface area contributed by atoms with Gasteiger partial charge in [-0.1, -0.05) is 6.07 Å². The van der Waals surface area contributed by atoms with Crippen molar-refractivity contribution in [1.29, 1.82) is 0 Å². The van der Waals surface area contributed by atoms with Crippen LogP contribution in [0.5, 0.6) is 5.88 Å². The minimum Gasteiger partial charge on any atom is -0.481 e. The third kappa shape index (κ3) is 3.04. The standard InChI is InChI=1S/C12H16N4O/c1-9(10-6-14-15-7-10)13-8-11-4-3-5-12(16-11)17-2/h3-7,9,13H,8H2,1-2H3,(H,14,15). The summed E-state index contributed by atoms with van der Waals surface area (Å²) in [6.07, 6.45) is 3.70. The van der Waals surface area contributed by atoms with Crippen molar-refractivity contribution < 1.29 is 4.74 Å². The van der Waals surface area contributed by atoms with Gasteiger partial charge in [-0.25, -0.2) is 4.98 Å². The molecule has 2 aromatic rings. The number of aromatic amines is 1. The van der Waals surface area contributed by atoms with Gasteiger partial charge in [0.05, 0.1) is 19.0 Å².